The molecule has 0 saturated heterocycles. The molecule has 0 amide bonds. The minimum atomic E-state index is -0.604. The molecule has 2 N–H and O–H groups in total. The van der Waals surface area contributed by atoms with Gasteiger partial charge in [-0.3, -0.25) is 25.7 Å². The van der Waals surface area contributed by atoms with Gasteiger partial charge in [0.2, 0.25) is 0 Å². The molecule has 0 spiro atoms. The minimum Gasteiger partial charge on any atom is -0.300 e. The maximum absolute atomic E-state index is 11.0. The normalized spacial score (nSPS) is 9.74. The maximum Gasteiger partial charge on any atom is 0.295 e. The Morgan fingerprint density at radius 2 is 1.65 bits per heavy atom. The fraction of sp³-hybridized carbons (Fsp3) is 0.0714. The van der Waals surface area contributed by atoms with Crippen molar-refractivity contribution in [3.63, 3.8) is 0 Å². The monoisotopic (exact) mass is 313 g/mol. The summed E-state index contributed by atoms with van der Waals surface area (Å²) in [4.78, 5) is 20.6. The van der Waals surface area contributed by atoms with E-state index >= 15 is 0 Å². The van der Waals surface area contributed by atoms with Crippen molar-refractivity contribution in [2.45, 2.75) is 6.92 Å². The van der Waals surface area contributed by atoms with Crippen molar-refractivity contribution in [1.82, 2.24) is 0 Å². The highest BCUT2D eigenvalue weighted by Gasteiger charge is 2.15. The average molecular weight is 313 g/mol. The van der Waals surface area contributed by atoms with Crippen molar-refractivity contribution >= 4 is 22.7 Å². The van der Waals surface area contributed by atoms with Gasteiger partial charge in [0.25, 0.3) is 11.4 Å². The summed E-state index contributed by atoms with van der Waals surface area (Å²) in [6.07, 6.45) is 0. The van der Waals surface area contributed by atoms with Crippen LogP contribution in [0.1, 0.15) is 11.1 Å². The number of nitro groups is 2. The fourth-order valence-corrected chi connectivity index (χ4v) is 1.89. The second-order valence-corrected chi connectivity index (χ2v) is 4.61. The molecule has 9 nitrogen and oxygen atoms in total. The number of hydrogen-bond donors (Lipinski definition) is 2. The van der Waals surface area contributed by atoms with Gasteiger partial charge in [0.15, 0.2) is 0 Å². The lowest BCUT2D eigenvalue weighted by molar-refractivity contribution is -0.384. The molecule has 0 aliphatic rings. The van der Waals surface area contributed by atoms with Crippen molar-refractivity contribution < 1.29 is 9.85 Å². The number of hydrazine groups is 1. The molecule has 0 unspecified atom stereocenters. The number of nitrogens with zero attached hydrogens (tertiary/aromatic N) is 3. The highest BCUT2D eigenvalue weighted by molar-refractivity contribution is 5.67. The van der Waals surface area contributed by atoms with Crippen LogP contribution in [-0.2, 0) is 0 Å². The Morgan fingerprint density at radius 1 is 1.00 bits per heavy atom. The van der Waals surface area contributed by atoms with Gasteiger partial charge in [-0.15, -0.1) is 0 Å². The highest BCUT2D eigenvalue weighted by atomic mass is 16.6. The predicted octanol–water partition coefficient (Wildman–Crippen LogP) is 3.12. The van der Waals surface area contributed by atoms with Crippen LogP contribution in [0.2, 0.25) is 0 Å². The molecular weight excluding hydrogens is 302 g/mol. The van der Waals surface area contributed by atoms with E-state index in [1.165, 1.54) is 30.3 Å². The van der Waals surface area contributed by atoms with E-state index < -0.39 is 9.85 Å². The van der Waals surface area contributed by atoms with Gasteiger partial charge in [-0.2, -0.15) is 5.26 Å². The van der Waals surface area contributed by atoms with Crippen LogP contribution in [0.4, 0.5) is 22.7 Å². The molecule has 0 aromatic heterocycles. The number of nitro benzene ring substituents is 2. The molecule has 0 aliphatic heterocycles. The van der Waals surface area contributed by atoms with E-state index in [9.17, 15) is 20.2 Å². The zero-order valence-corrected chi connectivity index (χ0v) is 11.9. The summed E-state index contributed by atoms with van der Waals surface area (Å²) in [7, 11) is 0. The zero-order chi connectivity index (χ0) is 17.0. The Kier molecular flexibility index (Phi) is 4.37. The average Bonchev–Trinajstić information content (AvgIpc) is 2.53. The highest BCUT2D eigenvalue weighted by Crippen LogP contribution is 2.26. The lowest BCUT2D eigenvalue weighted by Crippen LogP contribution is -2.11. The molecule has 0 radical (unpaired) electrons. The summed E-state index contributed by atoms with van der Waals surface area (Å²) in [6, 6.07) is 10.0. The molecule has 0 fully saturated rings. The van der Waals surface area contributed by atoms with Crippen LogP contribution in [0.25, 0.3) is 0 Å². The van der Waals surface area contributed by atoms with Gasteiger partial charge in [-0.05, 0) is 30.7 Å². The number of rotatable bonds is 5. The van der Waals surface area contributed by atoms with Crippen molar-refractivity contribution in [3.05, 3.63) is 67.8 Å². The first-order chi connectivity index (χ1) is 10.9. The Balaban J connectivity index is 2.23. The van der Waals surface area contributed by atoms with Crippen molar-refractivity contribution in [2.24, 2.45) is 0 Å². The third-order valence-corrected chi connectivity index (χ3v) is 3.08. The largest absolute Gasteiger partial charge is 0.300 e. The standard InChI is InChI=1S/C14H11N5O4/c1-9-6-11(18(20)21)3-5-12(9)16-17-13-4-2-10(8-15)7-14(13)19(22)23/h2-7,16-17H,1H3. The molecule has 0 bridgehead atoms. The molecule has 0 saturated carbocycles. The van der Waals surface area contributed by atoms with Gasteiger partial charge in [0.1, 0.15) is 5.69 Å². The van der Waals surface area contributed by atoms with E-state index in [4.69, 9.17) is 5.26 Å². The number of aryl methyl sites for hydroxylation is 1. The second-order valence-electron chi connectivity index (χ2n) is 4.61. The molecular formula is C14H11N5O4. The van der Waals surface area contributed by atoms with Crippen molar-refractivity contribution in [3.8, 4) is 6.07 Å². The van der Waals surface area contributed by atoms with Crippen LogP contribution in [0.5, 0.6) is 0 Å². The number of nitrogens with one attached hydrogen (secondary N) is 2. The number of benzene rings is 2. The van der Waals surface area contributed by atoms with E-state index in [1.54, 1.807) is 6.92 Å². The van der Waals surface area contributed by atoms with E-state index in [2.05, 4.69) is 10.9 Å². The van der Waals surface area contributed by atoms with Crippen LogP contribution in [0, 0.1) is 38.5 Å². The topological polar surface area (TPSA) is 134 Å². The Labute approximate surface area is 130 Å². The Morgan fingerprint density at radius 3 is 2.22 bits per heavy atom. The fourth-order valence-electron chi connectivity index (χ4n) is 1.89. The van der Waals surface area contributed by atoms with Gasteiger partial charge >= 0.3 is 0 Å². The first-order valence-corrected chi connectivity index (χ1v) is 6.38. The van der Waals surface area contributed by atoms with Gasteiger partial charge in [0.05, 0.1) is 27.2 Å². The van der Waals surface area contributed by atoms with Gasteiger partial charge in [0, 0.05) is 18.2 Å². The van der Waals surface area contributed by atoms with Crippen LogP contribution in [0.15, 0.2) is 36.4 Å². The van der Waals surface area contributed by atoms with Crippen LogP contribution in [0.3, 0.4) is 0 Å². The zero-order valence-electron chi connectivity index (χ0n) is 11.9. The van der Waals surface area contributed by atoms with E-state index in [1.807, 2.05) is 6.07 Å². The lowest BCUT2D eigenvalue weighted by Gasteiger charge is -2.12. The first-order valence-electron chi connectivity index (χ1n) is 6.38. The summed E-state index contributed by atoms with van der Waals surface area (Å²) in [5.41, 5.74) is 6.64. The molecule has 0 aliphatic carbocycles. The predicted molar refractivity (Wildman–Crippen MR) is 82.9 cm³/mol. The number of nitriles is 1. The number of anilines is 2. The van der Waals surface area contributed by atoms with Gasteiger partial charge in [-0.25, -0.2) is 0 Å². The van der Waals surface area contributed by atoms with E-state index in [0.29, 0.717) is 11.3 Å². The smallest absolute Gasteiger partial charge is 0.295 e. The van der Waals surface area contributed by atoms with Crippen molar-refractivity contribution in [1.29, 1.82) is 5.26 Å². The summed E-state index contributed by atoms with van der Waals surface area (Å²) < 4.78 is 0. The van der Waals surface area contributed by atoms with Crippen molar-refractivity contribution in [2.75, 3.05) is 10.9 Å². The van der Waals surface area contributed by atoms with E-state index in [-0.39, 0.29) is 22.6 Å². The van der Waals surface area contributed by atoms with Gasteiger partial charge < -0.3 is 5.43 Å². The second kappa shape index (κ2) is 6.40. The molecule has 2 rings (SSSR count). The molecule has 23 heavy (non-hydrogen) atoms. The summed E-state index contributed by atoms with van der Waals surface area (Å²) in [5.74, 6) is 0. The van der Waals surface area contributed by atoms with Crippen LogP contribution < -0.4 is 10.9 Å². The lowest BCUT2D eigenvalue weighted by atomic mass is 10.2. The molecule has 2 aromatic rings. The van der Waals surface area contributed by atoms with Gasteiger partial charge in [-0.1, -0.05) is 0 Å². The third-order valence-electron chi connectivity index (χ3n) is 3.08. The molecule has 2 aromatic carbocycles. The molecule has 0 heterocycles. The molecule has 0 atom stereocenters. The number of hydrogen-bond acceptors (Lipinski definition) is 7. The first kappa shape index (κ1) is 15.7. The number of non-ortho nitro benzene ring substituents is 1. The SMILES string of the molecule is Cc1cc([N+](=O)[O-])ccc1NNc1ccc(C#N)cc1[N+](=O)[O-]. The van der Waals surface area contributed by atoms with Crippen LogP contribution >= 0.6 is 0 Å². The maximum atomic E-state index is 11.0. The Hall–Kier alpha value is -3.67. The van der Waals surface area contributed by atoms with Crippen LogP contribution in [-0.4, -0.2) is 9.85 Å². The summed E-state index contributed by atoms with van der Waals surface area (Å²) >= 11 is 0. The quantitative estimate of drug-likeness (QED) is 0.639. The summed E-state index contributed by atoms with van der Waals surface area (Å²) in [5, 5.41) is 30.5. The third kappa shape index (κ3) is 3.51. The van der Waals surface area contributed by atoms with E-state index in [0.717, 1.165) is 6.07 Å². The summed E-state index contributed by atoms with van der Waals surface area (Å²) in [6.45, 7) is 1.67. The minimum absolute atomic E-state index is 0.0441. The molecule has 9 heteroatoms. The molecule has 116 valence electrons. The Bertz CT molecular complexity index is 828.